The second-order valence-corrected chi connectivity index (χ2v) is 3.90. The van der Waals surface area contributed by atoms with Crippen LogP contribution >= 0.6 is 0 Å². The lowest BCUT2D eigenvalue weighted by Gasteiger charge is -2.09. The highest BCUT2D eigenvalue weighted by molar-refractivity contribution is 5.35. The molecule has 84 valence electrons. The number of ether oxygens (including phenoxy) is 1. The fourth-order valence-electron chi connectivity index (χ4n) is 1.53. The average Bonchev–Trinajstić information content (AvgIpc) is 2.20. The van der Waals surface area contributed by atoms with Crippen LogP contribution in [0.3, 0.4) is 0 Å². The monoisotopic (exact) mass is 208 g/mol. The summed E-state index contributed by atoms with van der Waals surface area (Å²) in [4.78, 5) is 0. The van der Waals surface area contributed by atoms with E-state index in [4.69, 9.17) is 9.84 Å². The molecule has 0 saturated carbocycles. The molecule has 1 N–H and O–H groups in total. The van der Waals surface area contributed by atoms with Gasteiger partial charge in [-0.3, -0.25) is 0 Å². The van der Waals surface area contributed by atoms with Gasteiger partial charge in [-0.2, -0.15) is 0 Å². The highest BCUT2D eigenvalue weighted by Crippen LogP contribution is 2.18. The molecule has 0 spiro atoms. The summed E-state index contributed by atoms with van der Waals surface area (Å²) in [6, 6.07) is 6.22. The Morgan fingerprint density at radius 3 is 2.60 bits per heavy atom. The van der Waals surface area contributed by atoms with Gasteiger partial charge in [0.25, 0.3) is 0 Å². The van der Waals surface area contributed by atoms with Crippen molar-refractivity contribution >= 4 is 0 Å². The van der Waals surface area contributed by atoms with Crippen LogP contribution in [-0.2, 0) is 0 Å². The normalized spacial score (nSPS) is 10.3. The molecule has 0 bridgehead atoms. The van der Waals surface area contributed by atoms with E-state index < -0.39 is 0 Å². The zero-order valence-corrected chi connectivity index (χ0v) is 9.62. The van der Waals surface area contributed by atoms with Crippen molar-refractivity contribution in [2.24, 2.45) is 0 Å². The molecule has 0 saturated heterocycles. The fourth-order valence-corrected chi connectivity index (χ4v) is 1.53. The van der Waals surface area contributed by atoms with Gasteiger partial charge in [0.2, 0.25) is 0 Å². The lowest BCUT2D eigenvalue weighted by atomic mass is 10.1. The maximum atomic E-state index is 8.62. The van der Waals surface area contributed by atoms with Gasteiger partial charge in [-0.05, 0) is 44.7 Å². The Labute approximate surface area is 91.9 Å². The first-order chi connectivity index (χ1) is 7.24. The summed E-state index contributed by atoms with van der Waals surface area (Å²) >= 11 is 0. The van der Waals surface area contributed by atoms with Crippen molar-refractivity contribution in [3.8, 4) is 5.75 Å². The van der Waals surface area contributed by atoms with Crippen LogP contribution in [0.2, 0.25) is 0 Å². The predicted molar refractivity (Wildman–Crippen MR) is 62.3 cm³/mol. The number of aliphatic hydroxyl groups is 1. The predicted octanol–water partition coefficient (Wildman–Crippen LogP) is 2.84. The lowest BCUT2D eigenvalue weighted by molar-refractivity contribution is 0.265. The Hall–Kier alpha value is -1.02. The molecule has 0 radical (unpaired) electrons. The van der Waals surface area contributed by atoms with Crippen LogP contribution in [0.4, 0.5) is 0 Å². The lowest BCUT2D eigenvalue weighted by Crippen LogP contribution is -1.99. The fraction of sp³-hybridized carbons (Fsp3) is 0.538. The van der Waals surface area contributed by atoms with Gasteiger partial charge in [-0.15, -0.1) is 0 Å². The summed E-state index contributed by atoms with van der Waals surface area (Å²) in [7, 11) is 0. The van der Waals surface area contributed by atoms with Crippen molar-refractivity contribution in [3.63, 3.8) is 0 Å². The van der Waals surface area contributed by atoms with E-state index in [9.17, 15) is 0 Å². The number of aryl methyl sites for hydroxylation is 2. The SMILES string of the molecule is Cc1ccc(OCCCCCO)c(C)c1. The molecule has 0 aromatic heterocycles. The van der Waals surface area contributed by atoms with Gasteiger partial charge in [-0.1, -0.05) is 17.7 Å². The summed E-state index contributed by atoms with van der Waals surface area (Å²) in [5, 5.41) is 8.62. The van der Waals surface area contributed by atoms with Gasteiger partial charge in [-0.25, -0.2) is 0 Å². The highest BCUT2D eigenvalue weighted by atomic mass is 16.5. The first-order valence-corrected chi connectivity index (χ1v) is 5.55. The minimum atomic E-state index is 0.281. The number of unbranched alkanes of at least 4 members (excludes halogenated alkanes) is 2. The standard InChI is InChI=1S/C13H20O2/c1-11-6-7-13(12(2)10-11)15-9-5-3-4-8-14/h6-7,10,14H,3-5,8-9H2,1-2H3. The molecule has 0 aliphatic carbocycles. The van der Waals surface area contributed by atoms with Crippen LogP contribution in [0.5, 0.6) is 5.75 Å². The smallest absolute Gasteiger partial charge is 0.122 e. The van der Waals surface area contributed by atoms with Crippen LogP contribution in [-0.4, -0.2) is 18.3 Å². The quantitative estimate of drug-likeness (QED) is 0.728. The maximum Gasteiger partial charge on any atom is 0.122 e. The van der Waals surface area contributed by atoms with E-state index in [1.807, 2.05) is 6.07 Å². The molecule has 0 fully saturated rings. The largest absolute Gasteiger partial charge is 0.493 e. The van der Waals surface area contributed by atoms with Crippen molar-refractivity contribution in [1.82, 2.24) is 0 Å². The van der Waals surface area contributed by atoms with E-state index in [1.165, 1.54) is 11.1 Å². The summed E-state index contributed by atoms with van der Waals surface area (Å²) in [5.41, 5.74) is 2.46. The number of rotatable bonds is 6. The van der Waals surface area contributed by atoms with E-state index in [0.29, 0.717) is 0 Å². The molecule has 0 atom stereocenters. The summed E-state index contributed by atoms with van der Waals surface area (Å²) in [6.45, 7) is 5.17. The minimum absolute atomic E-state index is 0.281. The molecule has 0 amide bonds. The molecule has 0 aliphatic heterocycles. The Balaban J connectivity index is 2.31. The number of hydrogen-bond donors (Lipinski definition) is 1. The first kappa shape index (κ1) is 12.1. The van der Waals surface area contributed by atoms with E-state index in [2.05, 4.69) is 26.0 Å². The highest BCUT2D eigenvalue weighted by Gasteiger charge is 1.98. The van der Waals surface area contributed by atoms with Gasteiger partial charge in [0.1, 0.15) is 5.75 Å². The molecule has 0 heterocycles. The molecule has 15 heavy (non-hydrogen) atoms. The Morgan fingerprint density at radius 1 is 1.13 bits per heavy atom. The van der Waals surface area contributed by atoms with Crippen molar-refractivity contribution in [2.75, 3.05) is 13.2 Å². The number of aliphatic hydroxyl groups excluding tert-OH is 1. The number of hydrogen-bond acceptors (Lipinski definition) is 2. The second kappa shape index (κ2) is 6.46. The average molecular weight is 208 g/mol. The van der Waals surface area contributed by atoms with Gasteiger partial charge in [0.05, 0.1) is 6.61 Å². The second-order valence-electron chi connectivity index (χ2n) is 3.90. The van der Waals surface area contributed by atoms with E-state index in [1.54, 1.807) is 0 Å². The van der Waals surface area contributed by atoms with Crippen molar-refractivity contribution < 1.29 is 9.84 Å². The zero-order valence-electron chi connectivity index (χ0n) is 9.62. The van der Waals surface area contributed by atoms with Crippen LogP contribution in [0, 0.1) is 13.8 Å². The van der Waals surface area contributed by atoms with E-state index in [-0.39, 0.29) is 6.61 Å². The molecule has 1 aromatic carbocycles. The Morgan fingerprint density at radius 2 is 1.93 bits per heavy atom. The zero-order chi connectivity index (χ0) is 11.1. The van der Waals surface area contributed by atoms with Gasteiger partial charge < -0.3 is 9.84 Å². The molecule has 1 rings (SSSR count). The van der Waals surface area contributed by atoms with Gasteiger partial charge >= 0.3 is 0 Å². The van der Waals surface area contributed by atoms with Gasteiger partial charge in [0.15, 0.2) is 0 Å². The minimum Gasteiger partial charge on any atom is -0.493 e. The third-order valence-electron chi connectivity index (χ3n) is 2.39. The van der Waals surface area contributed by atoms with Crippen LogP contribution in [0.1, 0.15) is 30.4 Å². The molecule has 2 nitrogen and oxygen atoms in total. The molecular weight excluding hydrogens is 188 g/mol. The van der Waals surface area contributed by atoms with Crippen molar-refractivity contribution in [1.29, 1.82) is 0 Å². The van der Waals surface area contributed by atoms with Crippen LogP contribution < -0.4 is 4.74 Å². The number of benzene rings is 1. The van der Waals surface area contributed by atoms with Gasteiger partial charge in [0, 0.05) is 6.61 Å². The maximum absolute atomic E-state index is 8.62. The van der Waals surface area contributed by atoms with Crippen molar-refractivity contribution in [3.05, 3.63) is 29.3 Å². The molecule has 1 aromatic rings. The molecule has 0 unspecified atom stereocenters. The van der Waals surface area contributed by atoms with Crippen LogP contribution in [0.15, 0.2) is 18.2 Å². The summed E-state index contributed by atoms with van der Waals surface area (Å²) in [5.74, 6) is 0.976. The first-order valence-electron chi connectivity index (χ1n) is 5.55. The van der Waals surface area contributed by atoms with E-state index in [0.717, 1.165) is 31.6 Å². The van der Waals surface area contributed by atoms with E-state index >= 15 is 0 Å². The molecule has 2 heteroatoms. The molecular formula is C13H20O2. The topological polar surface area (TPSA) is 29.5 Å². The van der Waals surface area contributed by atoms with Crippen LogP contribution in [0.25, 0.3) is 0 Å². The van der Waals surface area contributed by atoms with Crippen molar-refractivity contribution in [2.45, 2.75) is 33.1 Å². The Kier molecular flexibility index (Phi) is 5.19. The molecule has 0 aliphatic rings. The summed E-state index contributed by atoms with van der Waals surface area (Å²) < 4.78 is 5.66. The Bertz CT molecular complexity index is 295. The summed E-state index contributed by atoms with van der Waals surface area (Å²) in [6.07, 6.45) is 2.91. The third kappa shape index (κ3) is 4.34. The third-order valence-corrected chi connectivity index (χ3v) is 2.39.